The lowest BCUT2D eigenvalue weighted by Crippen LogP contribution is -1.98. The lowest BCUT2D eigenvalue weighted by molar-refractivity contribution is 0.330. The first-order valence-electron chi connectivity index (χ1n) is 5.96. The highest BCUT2D eigenvalue weighted by molar-refractivity contribution is 9.10. The van der Waals surface area contributed by atoms with E-state index in [1.165, 1.54) is 11.3 Å². The van der Waals surface area contributed by atoms with Gasteiger partial charge in [0.15, 0.2) is 5.13 Å². The first-order chi connectivity index (χ1) is 9.15. The van der Waals surface area contributed by atoms with Gasteiger partial charge in [-0.2, -0.15) is 0 Å². The van der Waals surface area contributed by atoms with Crippen LogP contribution in [0.2, 0.25) is 0 Å². The zero-order valence-electron chi connectivity index (χ0n) is 10.8. The maximum Gasteiger partial charge on any atom is 0.180 e. The molecule has 0 fully saturated rings. The van der Waals surface area contributed by atoms with Gasteiger partial charge in [0, 0.05) is 10.9 Å². The average molecular weight is 343 g/mol. The van der Waals surface area contributed by atoms with Crippen LogP contribution in [0.3, 0.4) is 0 Å². The Labute approximate surface area is 124 Å². The summed E-state index contributed by atoms with van der Waals surface area (Å²) in [5.41, 5.74) is 7.39. The molecule has 0 radical (unpaired) electrons. The van der Waals surface area contributed by atoms with E-state index in [1.54, 1.807) is 0 Å². The number of hydrogen-bond acceptors (Lipinski definition) is 5. The number of nitrogens with zero attached hydrogens (tertiary/aromatic N) is 1. The van der Waals surface area contributed by atoms with Crippen LogP contribution in [-0.2, 0) is 0 Å². The van der Waals surface area contributed by atoms with Gasteiger partial charge in [0.25, 0.3) is 0 Å². The molecule has 0 spiro atoms. The van der Waals surface area contributed by atoms with Crippen molar-refractivity contribution in [1.29, 1.82) is 0 Å². The third-order valence-electron chi connectivity index (χ3n) is 2.43. The predicted octanol–water partition coefficient (Wildman–Crippen LogP) is 3.95. The molecular weight excluding hydrogens is 328 g/mol. The highest BCUT2D eigenvalue weighted by Crippen LogP contribution is 2.39. The van der Waals surface area contributed by atoms with E-state index < -0.39 is 0 Å². The van der Waals surface area contributed by atoms with Crippen molar-refractivity contribution in [3.8, 4) is 22.8 Å². The molecule has 0 aliphatic heterocycles. The number of hydrogen-bond donors (Lipinski definition) is 1. The van der Waals surface area contributed by atoms with Crippen molar-refractivity contribution in [1.82, 2.24) is 4.98 Å². The predicted molar refractivity (Wildman–Crippen MR) is 82.0 cm³/mol. The molecule has 0 saturated carbocycles. The molecule has 19 heavy (non-hydrogen) atoms. The Kier molecular flexibility index (Phi) is 4.66. The van der Waals surface area contributed by atoms with E-state index in [0.29, 0.717) is 18.3 Å². The van der Waals surface area contributed by atoms with Crippen LogP contribution in [0, 0.1) is 0 Å². The fourth-order valence-electron chi connectivity index (χ4n) is 1.69. The number of benzene rings is 1. The van der Waals surface area contributed by atoms with Gasteiger partial charge in [-0.3, -0.25) is 0 Å². The van der Waals surface area contributed by atoms with E-state index in [1.807, 2.05) is 31.4 Å². The molecule has 1 heterocycles. The molecule has 0 amide bonds. The minimum atomic E-state index is 0.540. The molecule has 1 aromatic carbocycles. The standard InChI is InChI=1S/C13H15BrN2O2S/c1-3-17-11-6-9(14)12(18-4-2)5-8(11)10-7-19-13(15)16-10/h5-7H,3-4H2,1-2H3,(H2,15,16). The molecule has 2 rings (SSSR count). The molecule has 4 nitrogen and oxygen atoms in total. The lowest BCUT2D eigenvalue weighted by Gasteiger charge is -2.13. The van der Waals surface area contributed by atoms with E-state index in [4.69, 9.17) is 15.2 Å². The van der Waals surface area contributed by atoms with Crippen molar-refractivity contribution in [2.75, 3.05) is 18.9 Å². The van der Waals surface area contributed by atoms with E-state index in [0.717, 1.165) is 27.2 Å². The normalized spacial score (nSPS) is 10.5. The quantitative estimate of drug-likeness (QED) is 0.893. The van der Waals surface area contributed by atoms with Crippen LogP contribution in [0.1, 0.15) is 13.8 Å². The summed E-state index contributed by atoms with van der Waals surface area (Å²) in [5.74, 6) is 1.54. The Morgan fingerprint density at radius 1 is 1.21 bits per heavy atom. The third-order valence-corrected chi connectivity index (χ3v) is 3.73. The summed E-state index contributed by atoms with van der Waals surface area (Å²) in [7, 11) is 0. The van der Waals surface area contributed by atoms with E-state index >= 15 is 0 Å². The molecule has 0 aliphatic carbocycles. The summed E-state index contributed by atoms with van der Waals surface area (Å²) in [5, 5.41) is 2.45. The molecule has 0 aliphatic rings. The molecule has 6 heteroatoms. The zero-order chi connectivity index (χ0) is 13.8. The number of anilines is 1. The molecule has 0 atom stereocenters. The van der Waals surface area contributed by atoms with Crippen molar-refractivity contribution in [2.45, 2.75) is 13.8 Å². The van der Waals surface area contributed by atoms with Crippen LogP contribution in [-0.4, -0.2) is 18.2 Å². The molecule has 0 bridgehead atoms. The van der Waals surface area contributed by atoms with Crippen molar-refractivity contribution in [3.63, 3.8) is 0 Å². The van der Waals surface area contributed by atoms with Gasteiger partial charge in [-0.15, -0.1) is 11.3 Å². The molecule has 0 saturated heterocycles. The monoisotopic (exact) mass is 342 g/mol. The maximum absolute atomic E-state index is 5.69. The van der Waals surface area contributed by atoms with Crippen LogP contribution in [0.25, 0.3) is 11.3 Å². The van der Waals surface area contributed by atoms with E-state index in [2.05, 4.69) is 20.9 Å². The zero-order valence-corrected chi connectivity index (χ0v) is 13.2. The summed E-state index contributed by atoms with van der Waals surface area (Å²) >= 11 is 4.89. The van der Waals surface area contributed by atoms with Crippen molar-refractivity contribution in [2.24, 2.45) is 0 Å². The van der Waals surface area contributed by atoms with Crippen LogP contribution in [0.15, 0.2) is 22.0 Å². The topological polar surface area (TPSA) is 57.4 Å². The number of rotatable bonds is 5. The van der Waals surface area contributed by atoms with Crippen molar-refractivity contribution >= 4 is 32.4 Å². The summed E-state index contributed by atoms with van der Waals surface area (Å²) in [4.78, 5) is 4.30. The van der Waals surface area contributed by atoms with Gasteiger partial charge in [0.2, 0.25) is 0 Å². The summed E-state index contributed by atoms with van der Waals surface area (Å²) in [6.45, 7) is 5.09. The molecule has 102 valence electrons. The molecule has 2 aromatic rings. The van der Waals surface area contributed by atoms with Crippen LogP contribution >= 0.6 is 27.3 Å². The number of halogens is 1. The van der Waals surface area contributed by atoms with E-state index in [-0.39, 0.29) is 0 Å². The molecule has 0 unspecified atom stereocenters. The summed E-state index contributed by atoms with van der Waals surface area (Å²) in [6, 6.07) is 3.83. The van der Waals surface area contributed by atoms with Crippen LogP contribution in [0.5, 0.6) is 11.5 Å². The second-order valence-electron chi connectivity index (χ2n) is 3.72. The highest BCUT2D eigenvalue weighted by atomic mass is 79.9. The Morgan fingerprint density at radius 3 is 2.47 bits per heavy atom. The number of nitrogens with two attached hydrogens (primary N) is 1. The first kappa shape index (κ1) is 14.1. The molecule has 2 N–H and O–H groups in total. The SMILES string of the molecule is CCOc1cc(-c2csc(N)n2)c(OCC)cc1Br. The second-order valence-corrected chi connectivity index (χ2v) is 5.46. The largest absolute Gasteiger partial charge is 0.493 e. The van der Waals surface area contributed by atoms with Crippen molar-refractivity contribution in [3.05, 3.63) is 22.0 Å². The molecule has 1 aromatic heterocycles. The van der Waals surface area contributed by atoms with Gasteiger partial charge in [-0.25, -0.2) is 4.98 Å². The van der Waals surface area contributed by atoms with Gasteiger partial charge in [0.1, 0.15) is 11.5 Å². The Hall–Kier alpha value is -1.27. The summed E-state index contributed by atoms with van der Waals surface area (Å²) in [6.07, 6.45) is 0. The minimum Gasteiger partial charge on any atom is -0.493 e. The van der Waals surface area contributed by atoms with Gasteiger partial charge in [0.05, 0.1) is 23.4 Å². The Balaban J connectivity index is 2.51. The summed E-state index contributed by atoms with van der Waals surface area (Å²) < 4.78 is 12.1. The fourth-order valence-corrected chi connectivity index (χ4v) is 2.69. The van der Waals surface area contributed by atoms with E-state index in [9.17, 15) is 0 Å². The van der Waals surface area contributed by atoms with Gasteiger partial charge < -0.3 is 15.2 Å². The van der Waals surface area contributed by atoms with Gasteiger partial charge in [-0.1, -0.05) is 0 Å². The number of thiazole rings is 1. The maximum atomic E-state index is 5.69. The average Bonchev–Trinajstić information content (AvgIpc) is 2.79. The van der Waals surface area contributed by atoms with Crippen molar-refractivity contribution < 1.29 is 9.47 Å². The second kappa shape index (κ2) is 6.25. The Bertz CT molecular complexity index is 572. The van der Waals surface area contributed by atoms with Gasteiger partial charge in [-0.05, 0) is 41.9 Å². The fraction of sp³-hybridized carbons (Fsp3) is 0.308. The number of aromatic nitrogens is 1. The number of nitrogen functional groups attached to an aromatic ring is 1. The highest BCUT2D eigenvalue weighted by Gasteiger charge is 2.14. The van der Waals surface area contributed by atoms with Crippen LogP contribution in [0.4, 0.5) is 5.13 Å². The number of ether oxygens (including phenoxy) is 2. The van der Waals surface area contributed by atoms with Crippen LogP contribution < -0.4 is 15.2 Å². The minimum absolute atomic E-state index is 0.540. The third kappa shape index (κ3) is 3.19. The smallest absolute Gasteiger partial charge is 0.180 e. The molecular formula is C13H15BrN2O2S. The lowest BCUT2D eigenvalue weighted by atomic mass is 10.1. The van der Waals surface area contributed by atoms with Gasteiger partial charge >= 0.3 is 0 Å². The first-order valence-corrected chi connectivity index (χ1v) is 7.63. The Morgan fingerprint density at radius 2 is 1.89 bits per heavy atom.